The van der Waals surface area contributed by atoms with Crippen molar-refractivity contribution in [2.75, 3.05) is 6.61 Å². The van der Waals surface area contributed by atoms with Gasteiger partial charge in [0, 0.05) is 5.41 Å². The molecule has 3 fully saturated rings. The summed E-state index contributed by atoms with van der Waals surface area (Å²) in [7, 11) is 0. The van der Waals surface area contributed by atoms with E-state index in [4.69, 9.17) is 9.47 Å². The second-order valence-electron chi connectivity index (χ2n) is 9.56. The average molecular weight is 373 g/mol. The Kier molecular flexibility index (Phi) is 4.51. The van der Waals surface area contributed by atoms with E-state index in [0.717, 1.165) is 50.5 Å². The van der Waals surface area contributed by atoms with Crippen LogP contribution in [0.4, 0.5) is 4.79 Å². The molecule has 0 aliphatic heterocycles. The molecule has 4 rings (SSSR count). The van der Waals surface area contributed by atoms with Crippen LogP contribution < -0.4 is 0 Å². The van der Waals surface area contributed by atoms with Crippen molar-refractivity contribution >= 4 is 11.9 Å². The number of hydrogen-bond acceptors (Lipinski definition) is 4. The van der Waals surface area contributed by atoms with E-state index in [2.05, 4.69) is 20.4 Å². The fraction of sp³-hybridized carbons (Fsp3) is 0.739. The van der Waals surface area contributed by atoms with E-state index in [0.29, 0.717) is 24.4 Å². The van der Waals surface area contributed by atoms with Gasteiger partial charge in [0.1, 0.15) is 6.10 Å². The van der Waals surface area contributed by atoms with Crippen molar-refractivity contribution < 1.29 is 19.1 Å². The number of ketones is 1. The molecule has 4 heteroatoms. The van der Waals surface area contributed by atoms with Crippen molar-refractivity contribution in [2.24, 2.45) is 28.6 Å². The maximum atomic E-state index is 12.1. The molecule has 0 aromatic carbocycles. The first-order chi connectivity index (χ1) is 12.8. The predicted molar refractivity (Wildman–Crippen MR) is 103 cm³/mol. The zero-order valence-corrected chi connectivity index (χ0v) is 16.9. The molecule has 6 atom stereocenters. The Labute approximate surface area is 162 Å². The summed E-state index contributed by atoms with van der Waals surface area (Å²) in [5.74, 6) is 1.95. The molecule has 0 aromatic rings. The Hall–Kier alpha value is -1.58. The molecule has 0 bridgehead atoms. The zero-order chi connectivity index (χ0) is 19.4. The third-order valence-corrected chi connectivity index (χ3v) is 8.38. The maximum absolute atomic E-state index is 12.1. The molecule has 148 valence electrons. The first kappa shape index (κ1) is 18.8. The van der Waals surface area contributed by atoms with Crippen LogP contribution in [0, 0.1) is 28.6 Å². The molecule has 4 aliphatic rings. The van der Waals surface area contributed by atoms with Crippen LogP contribution in [-0.2, 0) is 14.3 Å². The number of ether oxygens (including phenoxy) is 2. The quantitative estimate of drug-likeness (QED) is 0.492. The SMILES string of the molecule is C=C1C[C@@]2(C)C(=CC1=O)CC[C@@H]1[C@H]3CC[C@H](OC(=O)OCC)[C@]3(C)CC[C@H]12. The van der Waals surface area contributed by atoms with Crippen LogP contribution >= 0.6 is 0 Å². The molecule has 0 unspecified atom stereocenters. The van der Waals surface area contributed by atoms with Gasteiger partial charge in [-0.15, -0.1) is 0 Å². The van der Waals surface area contributed by atoms with Gasteiger partial charge in [0.2, 0.25) is 0 Å². The van der Waals surface area contributed by atoms with Crippen molar-refractivity contribution in [1.29, 1.82) is 0 Å². The first-order valence-corrected chi connectivity index (χ1v) is 10.6. The lowest BCUT2D eigenvalue weighted by Crippen LogP contribution is -2.51. The Morgan fingerprint density at radius 3 is 2.74 bits per heavy atom. The van der Waals surface area contributed by atoms with Crippen LogP contribution in [-0.4, -0.2) is 24.6 Å². The highest BCUT2D eigenvalue weighted by molar-refractivity contribution is 6.05. The number of hydrogen-bond donors (Lipinski definition) is 0. The third-order valence-electron chi connectivity index (χ3n) is 8.38. The molecule has 27 heavy (non-hydrogen) atoms. The minimum absolute atomic E-state index is 0.0323. The monoisotopic (exact) mass is 372 g/mol. The van der Waals surface area contributed by atoms with Crippen LogP contribution in [0.3, 0.4) is 0 Å². The number of fused-ring (bicyclic) bond motifs is 5. The molecule has 4 aliphatic carbocycles. The number of rotatable bonds is 2. The highest BCUT2D eigenvalue weighted by Crippen LogP contribution is 2.65. The molecule has 4 nitrogen and oxygen atoms in total. The Bertz CT molecular complexity index is 707. The van der Waals surface area contributed by atoms with E-state index in [1.54, 1.807) is 0 Å². The third kappa shape index (κ3) is 2.78. The van der Waals surface area contributed by atoms with Crippen LogP contribution in [0.2, 0.25) is 0 Å². The summed E-state index contributed by atoms with van der Waals surface area (Å²) in [6.45, 7) is 10.9. The first-order valence-electron chi connectivity index (χ1n) is 10.6. The number of carbonyl (C=O) groups excluding carboxylic acids is 2. The summed E-state index contributed by atoms with van der Waals surface area (Å²) >= 11 is 0. The lowest BCUT2D eigenvalue weighted by molar-refractivity contribution is -0.113. The summed E-state index contributed by atoms with van der Waals surface area (Å²) in [5, 5.41) is 0. The van der Waals surface area contributed by atoms with E-state index in [1.807, 2.05) is 13.0 Å². The van der Waals surface area contributed by atoms with Crippen molar-refractivity contribution in [1.82, 2.24) is 0 Å². The standard InChI is InChI=1S/C23H32O4/c1-5-26-21(25)27-20-9-8-17-16-7-6-15-12-19(24)14(2)13-23(15,4)18(16)10-11-22(17,20)3/h12,16-18,20H,2,5-11,13H2,1,3-4H3/t16-,17-,18-,20+,22-,23+/m1/s1. The topological polar surface area (TPSA) is 52.6 Å². The Morgan fingerprint density at radius 2 is 2.00 bits per heavy atom. The lowest BCUT2D eigenvalue weighted by atomic mass is 9.47. The highest BCUT2D eigenvalue weighted by atomic mass is 16.7. The molecule has 0 radical (unpaired) electrons. The molecule has 0 amide bonds. The van der Waals surface area contributed by atoms with E-state index < -0.39 is 6.16 Å². The van der Waals surface area contributed by atoms with Gasteiger partial charge in [0.25, 0.3) is 0 Å². The molecule has 0 spiro atoms. The summed E-state index contributed by atoms with van der Waals surface area (Å²) < 4.78 is 10.8. The summed E-state index contributed by atoms with van der Waals surface area (Å²) in [6.07, 6.45) is 8.59. The van der Waals surface area contributed by atoms with Gasteiger partial charge in [-0.3, -0.25) is 4.79 Å². The van der Waals surface area contributed by atoms with Gasteiger partial charge in [-0.1, -0.05) is 26.0 Å². The Morgan fingerprint density at radius 1 is 1.22 bits per heavy atom. The van der Waals surface area contributed by atoms with Crippen LogP contribution in [0.1, 0.15) is 65.7 Å². The lowest BCUT2D eigenvalue weighted by Gasteiger charge is -2.57. The molecule has 0 saturated heterocycles. The summed E-state index contributed by atoms with van der Waals surface area (Å²) in [6, 6.07) is 0. The summed E-state index contributed by atoms with van der Waals surface area (Å²) in [5.41, 5.74) is 2.25. The zero-order valence-electron chi connectivity index (χ0n) is 16.9. The second kappa shape index (κ2) is 6.49. The molecule has 0 N–H and O–H groups in total. The van der Waals surface area contributed by atoms with E-state index in [-0.39, 0.29) is 22.7 Å². The van der Waals surface area contributed by atoms with E-state index in [9.17, 15) is 9.59 Å². The largest absolute Gasteiger partial charge is 0.508 e. The molecule has 3 saturated carbocycles. The average Bonchev–Trinajstić information content (AvgIpc) is 2.93. The number of allylic oxidation sites excluding steroid dienone is 2. The molecular weight excluding hydrogens is 340 g/mol. The van der Waals surface area contributed by atoms with Crippen molar-refractivity contribution in [3.8, 4) is 0 Å². The van der Waals surface area contributed by atoms with Gasteiger partial charge in [0.05, 0.1) is 6.61 Å². The van der Waals surface area contributed by atoms with Crippen molar-refractivity contribution in [3.05, 3.63) is 23.8 Å². The molecular formula is C23H32O4. The van der Waals surface area contributed by atoms with Gasteiger partial charge in [-0.2, -0.15) is 0 Å². The van der Waals surface area contributed by atoms with Crippen molar-refractivity contribution in [3.63, 3.8) is 0 Å². The molecule has 0 heterocycles. The van der Waals surface area contributed by atoms with E-state index >= 15 is 0 Å². The predicted octanol–water partition coefficient (Wildman–Crippen LogP) is 5.23. The van der Waals surface area contributed by atoms with Crippen LogP contribution in [0.15, 0.2) is 23.8 Å². The molecule has 0 aromatic heterocycles. The second-order valence-corrected chi connectivity index (χ2v) is 9.56. The summed E-state index contributed by atoms with van der Waals surface area (Å²) in [4.78, 5) is 24.1. The minimum Gasteiger partial charge on any atom is -0.435 e. The van der Waals surface area contributed by atoms with Crippen molar-refractivity contribution in [2.45, 2.75) is 71.8 Å². The maximum Gasteiger partial charge on any atom is 0.508 e. The van der Waals surface area contributed by atoms with Gasteiger partial charge in [-0.25, -0.2) is 4.79 Å². The Balaban J connectivity index is 1.58. The van der Waals surface area contributed by atoms with Crippen LogP contribution in [0.5, 0.6) is 0 Å². The number of carbonyl (C=O) groups is 2. The van der Waals surface area contributed by atoms with Gasteiger partial charge >= 0.3 is 6.16 Å². The van der Waals surface area contributed by atoms with Gasteiger partial charge in [-0.05, 0) is 86.7 Å². The fourth-order valence-corrected chi connectivity index (χ4v) is 7.01. The van der Waals surface area contributed by atoms with Gasteiger partial charge < -0.3 is 9.47 Å². The fourth-order valence-electron chi connectivity index (χ4n) is 7.01. The highest BCUT2D eigenvalue weighted by Gasteiger charge is 2.60. The van der Waals surface area contributed by atoms with Crippen LogP contribution in [0.25, 0.3) is 0 Å². The normalized spacial score (nSPS) is 43.3. The van der Waals surface area contributed by atoms with E-state index in [1.165, 1.54) is 5.57 Å². The smallest absolute Gasteiger partial charge is 0.435 e. The minimum atomic E-state index is -0.519. The van der Waals surface area contributed by atoms with Gasteiger partial charge in [0.15, 0.2) is 5.78 Å².